The SMILES string of the molecule is CC(C)[C@@H](NC(C)(C)C)C(=O)O.Cl. The van der Waals surface area contributed by atoms with Crippen LogP contribution in [0.15, 0.2) is 0 Å². The third kappa shape index (κ3) is 6.84. The predicted molar refractivity (Wildman–Crippen MR) is 56.4 cm³/mol. The van der Waals surface area contributed by atoms with Crippen LogP contribution in [0.3, 0.4) is 0 Å². The van der Waals surface area contributed by atoms with Crippen LogP contribution in [0.2, 0.25) is 0 Å². The summed E-state index contributed by atoms with van der Waals surface area (Å²) in [7, 11) is 0. The summed E-state index contributed by atoms with van der Waals surface area (Å²) in [6.45, 7) is 9.69. The molecule has 0 heterocycles. The number of carbonyl (C=O) groups is 1. The average Bonchev–Trinajstić information content (AvgIpc) is 1.79. The number of aliphatic carboxylic acids is 1. The van der Waals surface area contributed by atoms with Crippen molar-refractivity contribution in [2.75, 3.05) is 0 Å². The van der Waals surface area contributed by atoms with Gasteiger partial charge in [0.1, 0.15) is 6.04 Å². The second kappa shape index (κ2) is 5.45. The van der Waals surface area contributed by atoms with E-state index in [4.69, 9.17) is 5.11 Å². The third-order valence-electron chi connectivity index (χ3n) is 1.52. The van der Waals surface area contributed by atoms with E-state index in [0.717, 1.165) is 0 Å². The summed E-state index contributed by atoms with van der Waals surface area (Å²) in [5.74, 6) is -0.665. The quantitative estimate of drug-likeness (QED) is 0.747. The molecule has 0 aliphatic carbocycles. The summed E-state index contributed by atoms with van der Waals surface area (Å²) in [6.07, 6.45) is 0. The summed E-state index contributed by atoms with van der Waals surface area (Å²) in [4.78, 5) is 10.8. The van der Waals surface area contributed by atoms with Crippen LogP contribution < -0.4 is 5.32 Å². The van der Waals surface area contributed by atoms with Gasteiger partial charge in [0.05, 0.1) is 0 Å². The van der Waals surface area contributed by atoms with Crippen molar-refractivity contribution in [3.8, 4) is 0 Å². The van der Waals surface area contributed by atoms with Crippen molar-refractivity contribution in [3.05, 3.63) is 0 Å². The van der Waals surface area contributed by atoms with Gasteiger partial charge in [0.25, 0.3) is 0 Å². The standard InChI is InChI=1S/C9H19NO2.ClH/c1-6(2)7(8(11)12)10-9(3,4)5;/h6-7,10H,1-5H3,(H,11,12);1H/t7-;/m1./s1. The minimum atomic E-state index is -0.778. The van der Waals surface area contributed by atoms with Gasteiger partial charge in [-0.3, -0.25) is 10.1 Å². The van der Waals surface area contributed by atoms with E-state index in [2.05, 4.69) is 5.32 Å². The van der Waals surface area contributed by atoms with Gasteiger partial charge >= 0.3 is 5.97 Å². The molecule has 0 aromatic rings. The van der Waals surface area contributed by atoms with Gasteiger partial charge in [-0.05, 0) is 26.7 Å². The van der Waals surface area contributed by atoms with Gasteiger partial charge < -0.3 is 5.11 Å². The van der Waals surface area contributed by atoms with E-state index in [-0.39, 0.29) is 23.9 Å². The van der Waals surface area contributed by atoms with Gasteiger partial charge in [0.15, 0.2) is 0 Å². The highest BCUT2D eigenvalue weighted by atomic mass is 35.5. The van der Waals surface area contributed by atoms with Crippen LogP contribution >= 0.6 is 12.4 Å². The fourth-order valence-corrected chi connectivity index (χ4v) is 0.980. The fraction of sp³-hybridized carbons (Fsp3) is 0.889. The Hall–Kier alpha value is -0.280. The van der Waals surface area contributed by atoms with Gasteiger partial charge in [0.2, 0.25) is 0 Å². The maximum Gasteiger partial charge on any atom is 0.320 e. The van der Waals surface area contributed by atoms with Crippen LogP contribution in [0.25, 0.3) is 0 Å². The fourth-order valence-electron chi connectivity index (χ4n) is 0.980. The largest absolute Gasteiger partial charge is 0.480 e. The van der Waals surface area contributed by atoms with Crippen molar-refractivity contribution < 1.29 is 9.90 Å². The molecule has 80 valence electrons. The van der Waals surface area contributed by atoms with Gasteiger partial charge in [-0.1, -0.05) is 13.8 Å². The zero-order valence-corrected chi connectivity index (χ0v) is 9.73. The second-order valence-corrected chi connectivity index (χ2v) is 4.45. The molecule has 0 aromatic heterocycles. The van der Waals surface area contributed by atoms with Crippen LogP contribution in [0.4, 0.5) is 0 Å². The lowest BCUT2D eigenvalue weighted by Gasteiger charge is -2.28. The Morgan fingerprint density at radius 3 is 1.77 bits per heavy atom. The number of hydrogen-bond acceptors (Lipinski definition) is 2. The molecular formula is C9H20ClNO2. The Bertz CT molecular complexity index is 163. The lowest BCUT2D eigenvalue weighted by atomic mass is 10.00. The van der Waals surface area contributed by atoms with Crippen molar-refractivity contribution in [2.24, 2.45) is 5.92 Å². The zero-order chi connectivity index (χ0) is 9.94. The first kappa shape index (κ1) is 15.2. The monoisotopic (exact) mass is 209 g/mol. The molecule has 0 rings (SSSR count). The normalized spacial score (nSPS) is 13.7. The number of hydrogen-bond donors (Lipinski definition) is 2. The van der Waals surface area contributed by atoms with E-state index in [9.17, 15) is 4.79 Å². The molecule has 0 unspecified atom stereocenters. The summed E-state index contributed by atoms with van der Waals surface area (Å²) in [6, 6.07) is -0.454. The molecule has 0 aliphatic rings. The minimum Gasteiger partial charge on any atom is -0.480 e. The predicted octanol–water partition coefficient (Wildman–Crippen LogP) is 1.91. The maximum absolute atomic E-state index is 10.8. The van der Waals surface area contributed by atoms with E-state index in [0.29, 0.717) is 0 Å². The van der Waals surface area contributed by atoms with Crippen LogP contribution in [0, 0.1) is 5.92 Å². The first-order valence-electron chi connectivity index (χ1n) is 4.24. The molecule has 0 aromatic carbocycles. The molecule has 0 aliphatic heterocycles. The molecule has 2 N–H and O–H groups in total. The van der Waals surface area contributed by atoms with Crippen LogP contribution in [-0.4, -0.2) is 22.7 Å². The van der Waals surface area contributed by atoms with E-state index in [1.165, 1.54) is 0 Å². The van der Waals surface area contributed by atoms with Crippen LogP contribution in [0.1, 0.15) is 34.6 Å². The Kier molecular flexibility index (Phi) is 6.37. The number of carboxylic acids is 1. The Balaban J connectivity index is 0. The highest BCUT2D eigenvalue weighted by Crippen LogP contribution is 2.08. The highest BCUT2D eigenvalue weighted by molar-refractivity contribution is 5.85. The van der Waals surface area contributed by atoms with Crippen LogP contribution in [-0.2, 0) is 4.79 Å². The molecule has 0 radical (unpaired) electrons. The molecule has 0 bridgehead atoms. The Morgan fingerprint density at radius 1 is 1.31 bits per heavy atom. The number of carboxylic acid groups (broad SMARTS) is 1. The molecule has 0 fully saturated rings. The smallest absolute Gasteiger partial charge is 0.320 e. The zero-order valence-electron chi connectivity index (χ0n) is 8.92. The lowest BCUT2D eigenvalue weighted by Crippen LogP contribution is -2.50. The Morgan fingerprint density at radius 2 is 1.69 bits per heavy atom. The maximum atomic E-state index is 10.8. The number of nitrogens with one attached hydrogen (secondary N) is 1. The van der Waals surface area contributed by atoms with Gasteiger partial charge in [-0.25, -0.2) is 0 Å². The summed E-state index contributed by atoms with van der Waals surface area (Å²) in [5.41, 5.74) is -0.146. The van der Waals surface area contributed by atoms with E-state index < -0.39 is 12.0 Å². The molecule has 0 saturated carbocycles. The average molecular weight is 210 g/mol. The van der Waals surface area contributed by atoms with Crippen molar-refractivity contribution in [1.82, 2.24) is 5.32 Å². The summed E-state index contributed by atoms with van der Waals surface area (Å²) < 4.78 is 0. The minimum absolute atomic E-state index is 0. The van der Waals surface area contributed by atoms with E-state index >= 15 is 0 Å². The van der Waals surface area contributed by atoms with Crippen LogP contribution in [0.5, 0.6) is 0 Å². The molecular weight excluding hydrogens is 190 g/mol. The lowest BCUT2D eigenvalue weighted by molar-refractivity contribution is -0.141. The first-order valence-corrected chi connectivity index (χ1v) is 4.24. The van der Waals surface area contributed by atoms with Crippen molar-refractivity contribution >= 4 is 18.4 Å². The first-order chi connectivity index (χ1) is 5.24. The van der Waals surface area contributed by atoms with Gasteiger partial charge in [-0.2, -0.15) is 0 Å². The van der Waals surface area contributed by atoms with Crippen molar-refractivity contribution in [2.45, 2.75) is 46.2 Å². The van der Waals surface area contributed by atoms with E-state index in [1.807, 2.05) is 34.6 Å². The molecule has 0 saturated heterocycles. The van der Waals surface area contributed by atoms with E-state index in [1.54, 1.807) is 0 Å². The molecule has 3 nitrogen and oxygen atoms in total. The van der Waals surface area contributed by atoms with Crippen molar-refractivity contribution in [3.63, 3.8) is 0 Å². The molecule has 13 heavy (non-hydrogen) atoms. The van der Waals surface area contributed by atoms with Gasteiger partial charge in [0, 0.05) is 5.54 Å². The van der Waals surface area contributed by atoms with Crippen molar-refractivity contribution in [1.29, 1.82) is 0 Å². The molecule has 4 heteroatoms. The highest BCUT2D eigenvalue weighted by Gasteiger charge is 2.25. The second-order valence-electron chi connectivity index (χ2n) is 4.45. The third-order valence-corrected chi connectivity index (χ3v) is 1.52. The number of halogens is 1. The summed E-state index contributed by atoms with van der Waals surface area (Å²) >= 11 is 0. The summed E-state index contributed by atoms with van der Waals surface area (Å²) in [5, 5.41) is 11.9. The Labute approximate surface area is 86.3 Å². The molecule has 0 spiro atoms. The number of rotatable bonds is 3. The molecule has 1 atom stereocenters. The topological polar surface area (TPSA) is 49.3 Å². The van der Waals surface area contributed by atoms with Gasteiger partial charge in [-0.15, -0.1) is 12.4 Å². The molecule has 0 amide bonds.